The van der Waals surface area contributed by atoms with E-state index in [0.717, 1.165) is 17.5 Å². The van der Waals surface area contributed by atoms with E-state index in [1.807, 2.05) is 39.0 Å². The number of hydrogen-bond donors (Lipinski definition) is 2. The quantitative estimate of drug-likeness (QED) is 0.631. The summed E-state index contributed by atoms with van der Waals surface area (Å²) in [6, 6.07) is 5.74. The van der Waals surface area contributed by atoms with Crippen LogP contribution in [0.15, 0.2) is 18.2 Å². The molecule has 23 heavy (non-hydrogen) atoms. The van der Waals surface area contributed by atoms with Gasteiger partial charge >= 0.3 is 0 Å². The second-order valence-electron chi connectivity index (χ2n) is 5.47. The maximum absolute atomic E-state index is 11.7. The lowest BCUT2D eigenvalue weighted by atomic mass is 10.1. The minimum atomic E-state index is -3.24. The van der Waals surface area contributed by atoms with Gasteiger partial charge in [-0.1, -0.05) is 31.0 Å². The highest BCUT2D eigenvalue weighted by Gasteiger charge is 2.09. The van der Waals surface area contributed by atoms with Gasteiger partial charge in [-0.25, -0.2) is 13.1 Å². The second-order valence-corrected chi connectivity index (χ2v) is 7.40. The fourth-order valence-electron chi connectivity index (χ4n) is 1.97. The molecule has 0 bridgehead atoms. The second kappa shape index (κ2) is 9.52. The van der Waals surface area contributed by atoms with Gasteiger partial charge in [0.05, 0.1) is 5.75 Å². The van der Waals surface area contributed by atoms with Crippen molar-refractivity contribution in [1.82, 2.24) is 10.0 Å². The summed E-state index contributed by atoms with van der Waals surface area (Å²) in [6.07, 6.45) is 1.46. The maximum Gasteiger partial charge on any atom is 0.257 e. The number of carbonyl (C=O) groups is 1. The van der Waals surface area contributed by atoms with E-state index in [2.05, 4.69) is 10.0 Å². The normalized spacial score (nSPS) is 11.3. The van der Waals surface area contributed by atoms with Crippen molar-refractivity contribution in [2.24, 2.45) is 0 Å². The Balaban J connectivity index is 2.24. The molecule has 0 radical (unpaired) electrons. The molecule has 0 spiro atoms. The van der Waals surface area contributed by atoms with Crippen LogP contribution >= 0.6 is 0 Å². The Labute approximate surface area is 138 Å². The molecule has 6 nitrogen and oxygen atoms in total. The summed E-state index contributed by atoms with van der Waals surface area (Å²) in [5.74, 6) is 0.511. The molecular weight excluding hydrogens is 316 g/mol. The van der Waals surface area contributed by atoms with E-state index >= 15 is 0 Å². The standard InChI is InChI=1S/C16H26N2O4S/c1-4-5-10-23(20,21)18-9-8-17-16(19)12-22-15-7-6-13(2)11-14(15)3/h6-7,11,18H,4-5,8-10,12H2,1-3H3,(H,17,19). The van der Waals surface area contributed by atoms with E-state index in [-0.39, 0.29) is 31.4 Å². The average molecular weight is 342 g/mol. The van der Waals surface area contributed by atoms with E-state index in [1.165, 1.54) is 0 Å². The molecular formula is C16H26N2O4S. The number of sulfonamides is 1. The monoisotopic (exact) mass is 342 g/mol. The zero-order chi connectivity index (χ0) is 17.3. The smallest absolute Gasteiger partial charge is 0.257 e. The van der Waals surface area contributed by atoms with E-state index in [9.17, 15) is 13.2 Å². The molecule has 130 valence electrons. The fourth-order valence-corrected chi connectivity index (χ4v) is 3.20. The largest absolute Gasteiger partial charge is 0.484 e. The number of ether oxygens (including phenoxy) is 1. The first-order valence-corrected chi connectivity index (χ1v) is 9.43. The van der Waals surface area contributed by atoms with Gasteiger partial charge in [0.15, 0.2) is 6.61 Å². The van der Waals surface area contributed by atoms with Gasteiger partial charge in [0, 0.05) is 13.1 Å². The van der Waals surface area contributed by atoms with Crippen LogP contribution in [0, 0.1) is 13.8 Å². The van der Waals surface area contributed by atoms with E-state index in [1.54, 1.807) is 0 Å². The zero-order valence-electron chi connectivity index (χ0n) is 14.0. The van der Waals surface area contributed by atoms with E-state index < -0.39 is 10.0 Å². The predicted octanol–water partition coefficient (Wildman–Crippen LogP) is 1.52. The van der Waals surface area contributed by atoms with Crippen LogP contribution in [0.5, 0.6) is 5.75 Å². The molecule has 0 heterocycles. The molecule has 0 saturated heterocycles. The van der Waals surface area contributed by atoms with Crippen LogP contribution in [-0.2, 0) is 14.8 Å². The number of aryl methyl sites for hydroxylation is 2. The van der Waals surface area contributed by atoms with Crippen LogP contribution in [0.1, 0.15) is 30.9 Å². The summed E-state index contributed by atoms with van der Waals surface area (Å²) in [6.45, 7) is 6.18. The Morgan fingerprint density at radius 1 is 1.22 bits per heavy atom. The Bertz CT molecular complexity index is 615. The topological polar surface area (TPSA) is 84.5 Å². The lowest BCUT2D eigenvalue weighted by Gasteiger charge is -2.10. The van der Waals surface area contributed by atoms with Crippen molar-refractivity contribution in [2.45, 2.75) is 33.6 Å². The van der Waals surface area contributed by atoms with Gasteiger partial charge in [0.2, 0.25) is 10.0 Å². The lowest BCUT2D eigenvalue weighted by molar-refractivity contribution is -0.123. The number of nitrogens with one attached hydrogen (secondary N) is 2. The summed E-state index contributed by atoms with van der Waals surface area (Å²) in [7, 11) is -3.24. The summed E-state index contributed by atoms with van der Waals surface area (Å²) >= 11 is 0. The van der Waals surface area contributed by atoms with Gasteiger partial charge in [-0.3, -0.25) is 4.79 Å². The van der Waals surface area contributed by atoms with Gasteiger partial charge in [-0.05, 0) is 31.9 Å². The van der Waals surface area contributed by atoms with Crippen molar-refractivity contribution in [3.63, 3.8) is 0 Å². The Morgan fingerprint density at radius 2 is 1.96 bits per heavy atom. The molecule has 0 aliphatic heterocycles. The highest BCUT2D eigenvalue weighted by atomic mass is 32.2. The molecule has 1 rings (SSSR count). The fraction of sp³-hybridized carbons (Fsp3) is 0.562. The molecule has 1 aromatic rings. The number of benzene rings is 1. The van der Waals surface area contributed by atoms with Gasteiger partial charge in [-0.2, -0.15) is 0 Å². The van der Waals surface area contributed by atoms with Crippen LogP contribution in [-0.4, -0.2) is 39.8 Å². The average Bonchev–Trinajstić information content (AvgIpc) is 2.49. The van der Waals surface area contributed by atoms with Crippen molar-refractivity contribution in [3.05, 3.63) is 29.3 Å². The van der Waals surface area contributed by atoms with Crippen molar-refractivity contribution < 1.29 is 17.9 Å². The van der Waals surface area contributed by atoms with Crippen molar-refractivity contribution in [2.75, 3.05) is 25.4 Å². The molecule has 0 aliphatic carbocycles. The first-order valence-electron chi connectivity index (χ1n) is 7.78. The highest BCUT2D eigenvalue weighted by Crippen LogP contribution is 2.18. The number of carbonyl (C=O) groups excluding carboxylic acids is 1. The molecule has 0 saturated carbocycles. The van der Waals surface area contributed by atoms with Crippen LogP contribution in [0.2, 0.25) is 0 Å². The summed E-state index contributed by atoms with van der Waals surface area (Å²) in [5, 5.41) is 2.62. The maximum atomic E-state index is 11.7. The van der Waals surface area contributed by atoms with Crippen molar-refractivity contribution in [1.29, 1.82) is 0 Å². The zero-order valence-corrected chi connectivity index (χ0v) is 14.8. The Hall–Kier alpha value is -1.60. The molecule has 0 fully saturated rings. The predicted molar refractivity (Wildman–Crippen MR) is 91.1 cm³/mol. The number of unbranched alkanes of at least 4 members (excludes halogenated alkanes) is 1. The Morgan fingerprint density at radius 3 is 2.61 bits per heavy atom. The minimum absolute atomic E-state index is 0.0908. The molecule has 1 amide bonds. The molecule has 1 aromatic carbocycles. The van der Waals surface area contributed by atoms with Crippen LogP contribution in [0.25, 0.3) is 0 Å². The molecule has 2 N–H and O–H groups in total. The third kappa shape index (κ3) is 7.99. The van der Waals surface area contributed by atoms with E-state index in [4.69, 9.17) is 4.74 Å². The third-order valence-electron chi connectivity index (χ3n) is 3.22. The first-order chi connectivity index (χ1) is 10.8. The van der Waals surface area contributed by atoms with Crippen molar-refractivity contribution >= 4 is 15.9 Å². The first kappa shape index (κ1) is 19.4. The summed E-state index contributed by atoms with van der Waals surface area (Å²) in [5.41, 5.74) is 2.11. The Kier molecular flexibility index (Phi) is 8.05. The van der Waals surface area contributed by atoms with Gasteiger partial charge in [0.1, 0.15) is 5.75 Å². The van der Waals surface area contributed by atoms with Gasteiger partial charge in [-0.15, -0.1) is 0 Å². The van der Waals surface area contributed by atoms with Crippen molar-refractivity contribution in [3.8, 4) is 5.75 Å². The lowest BCUT2D eigenvalue weighted by Crippen LogP contribution is -2.37. The summed E-state index contributed by atoms with van der Waals surface area (Å²) in [4.78, 5) is 11.7. The SMILES string of the molecule is CCCCS(=O)(=O)NCCNC(=O)COc1ccc(C)cc1C. The van der Waals surface area contributed by atoms with E-state index in [0.29, 0.717) is 12.2 Å². The van der Waals surface area contributed by atoms with Crippen LogP contribution < -0.4 is 14.8 Å². The molecule has 7 heteroatoms. The minimum Gasteiger partial charge on any atom is -0.484 e. The number of amides is 1. The number of rotatable bonds is 10. The molecule has 0 atom stereocenters. The number of hydrogen-bond acceptors (Lipinski definition) is 4. The molecule has 0 aliphatic rings. The highest BCUT2D eigenvalue weighted by molar-refractivity contribution is 7.89. The van der Waals surface area contributed by atoms with Crippen LogP contribution in [0.3, 0.4) is 0 Å². The van der Waals surface area contributed by atoms with Gasteiger partial charge in [0.25, 0.3) is 5.91 Å². The molecule has 0 unspecified atom stereocenters. The van der Waals surface area contributed by atoms with Gasteiger partial charge < -0.3 is 10.1 Å². The van der Waals surface area contributed by atoms with Crippen LogP contribution in [0.4, 0.5) is 0 Å². The summed E-state index contributed by atoms with van der Waals surface area (Å²) < 4.78 is 31.0. The third-order valence-corrected chi connectivity index (χ3v) is 4.70. The molecule has 0 aromatic heterocycles.